The minimum Gasteiger partial charge on any atom is -0.493 e. The Morgan fingerprint density at radius 3 is 2.50 bits per heavy atom. The van der Waals surface area contributed by atoms with Crippen LogP contribution in [0.1, 0.15) is 42.5 Å². The third kappa shape index (κ3) is 4.70. The third-order valence-corrected chi connectivity index (χ3v) is 4.60. The van der Waals surface area contributed by atoms with Crippen LogP contribution in [0.2, 0.25) is 5.02 Å². The van der Waals surface area contributed by atoms with Crippen LogP contribution in [0.3, 0.4) is 0 Å². The van der Waals surface area contributed by atoms with Crippen molar-refractivity contribution in [1.29, 1.82) is 0 Å². The normalized spacial score (nSPS) is 11.9. The van der Waals surface area contributed by atoms with Gasteiger partial charge in [0, 0.05) is 11.9 Å². The average Bonchev–Trinajstić information content (AvgIpc) is 3.06. The van der Waals surface area contributed by atoms with E-state index >= 15 is 0 Å². The van der Waals surface area contributed by atoms with E-state index in [-0.39, 0.29) is 16.4 Å². The number of aromatic nitrogens is 2. The van der Waals surface area contributed by atoms with E-state index in [0.717, 1.165) is 16.7 Å². The first-order chi connectivity index (χ1) is 14.1. The van der Waals surface area contributed by atoms with E-state index in [0.29, 0.717) is 36.1 Å². The second kappa shape index (κ2) is 8.55. The molecular formula is C21H21ClF3N3O2. The number of pyridine rings is 1. The monoisotopic (exact) mass is 439 g/mol. The van der Waals surface area contributed by atoms with Crippen LogP contribution in [0.25, 0.3) is 5.65 Å². The minimum atomic E-state index is -4.60. The number of carbonyl (C=O) groups excluding carboxylic acids is 1. The first-order valence-corrected chi connectivity index (χ1v) is 9.79. The van der Waals surface area contributed by atoms with Gasteiger partial charge in [-0.2, -0.15) is 13.2 Å². The van der Waals surface area contributed by atoms with Crippen molar-refractivity contribution in [2.75, 3.05) is 11.9 Å². The fraction of sp³-hybridized carbons (Fsp3) is 0.333. The summed E-state index contributed by atoms with van der Waals surface area (Å²) in [6, 6.07) is 7.56. The van der Waals surface area contributed by atoms with Crippen LogP contribution in [0, 0.1) is 5.92 Å². The van der Waals surface area contributed by atoms with Gasteiger partial charge in [-0.3, -0.25) is 9.20 Å². The first-order valence-electron chi connectivity index (χ1n) is 9.42. The summed E-state index contributed by atoms with van der Waals surface area (Å²) in [7, 11) is 0. The number of benzene rings is 1. The molecule has 2 heterocycles. The van der Waals surface area contributed by atoms with Gasteiger partial charge in [-0.1, -0.05) is 32.4 Å². The molecule has 30 heavy (non-hydrogen) atoms. The number of halogens is 4. The van der Waals surface area contributed by atoms with Gasteiger partial charge in [-0.25, -0.2) is 4.98 Å². The number of aryl methyl sites for hydroxylation is 1. The Labute approximate surface area is 176 Å². The summed E-state index contributed by atoms with van der Waals surface area (Å²) in [5, 5.41) is 2.53. The summed E-state index contributed by atoms with van der Waals surface area (Å²) in [5.41, 5.74) is -0.0110. The van der Waals surface area contributed by atoms with Gasteiger partial charge in [0.05, 0.1) is 22.9 Å². The molecule has 0 fully saturated rings. The number of carbonyl (C=O) groups is 1. The molecule has 5 nitrogen and oxygen atoms in total. The highest BCUT2D eigenvalue weighted by molar-refractivity contribution is 6.33. The fourth-order valence-corrected chi connectivity index (χ4v) is 3.13. The maximum atomic E-state index is 13.2. The molecule has 0 unspecified atom stereocenters. The molecule has 0 spiro atoms. The highest BCUT2D eigenvalue weighted by Crippen LogP contribution is 2.33. The Kier molecular flexibility index (Phi) is 6.26. The average molecular weight is 440 g/mol. The number of anilines is 1. The maximum absolute atomic E-state index is 13.2. The lowest BCUT2D eigenvalue weighted by Gasteiger charge is -2.11. The molecule has 0 aliphatic carbocycles. The van der Waals surface area contributed by atoms with E-state index in [9.17, 15) is 18.0 Å². The van der Waals surface area contributed by atoms with Crippen molar-refractivity contribution >= 4 is 28.8 Å². The highest BCUT2D eigenvalue weighted by Gasteiger charge is 2.33. The standard InChI is InChI=1S/C21H21ClF3N3O2/c1-4-17-18(28-10-13(21(23,24)25)9-16(22)19(28)27-17)20(29)26-14-5-7-15(8-6-14)30-11-12(2)3/h5-10,12H,4,11H2,1-3H3,(H,26,29). The number of nitrogens with one attached hydrogen (secondary N) is 1. The fourth-order valence-electron chi connectivity index (χ4n) is 2.88. The number of rotatable bonds is 6. The van der Waals surface area contributed by atoms with Gasteiger partial charge in [-0.15, -0.1) is 0 Å². The molecule has 1 N–H and O–H groups in total. The predicted molar refractivity (Wildman–Crippen MR) is 109 cm³/mol. The van der Waals surface area contributed by atoms with Crippen molar-refractivity contribution in [3.05, 3.63) is 58.5 Å². The van der Waals surface area contributed by atoms with E-state index in [1.54, 1.807) is 31.2 Å². The van der Waals surface area contributed by atoms with E-state index < -0.39 is 17.6 Å². The van der Waals surface area contributed by atoms with E-state index in [4.69, 9.17) is 16.3 Å². The number of hydrogen-bond donors (Lipinski definition) is 1. The molecule has 0 saturated carbocycles. The molecule has 160 valence electrons. The topological polar surface area (TPSA) is 55.6 Å². The summed E-state index contributed by atoms with van der Waals surface area (Å²) in [4.78, 5) is 17.2. The Balaban J connectivity index is 1.93. The Morgan fingerprint density at radius 1 is 1.27 bits per heavy atom. The number of amides is 1. The second-order valence-corrected chi connectivity index (χ2v) is 7.62. The molecule has 2 aromatic heterocycles. The first kappa shape index (κ1) is 22.0. The smallest absolute Gasteiger partial charge is 0.417 e. The SMILES string of the molecule is CCc1nc2c(Cl)cc(C(F)(F)F)cn2c1C(=O)Nc1ccc(OCC(C)C)cc1. The molecule has 1 amide bonds. The molecule has 0 radical (unpaired) electrons. The summed E-state index contributed by atoms with van der Waals surface area (Å²) in [6.07, 6.45) is -3.41. The van der Waals surface area contributed by atoms with Gasteiger partial charge in [0.2, 0.25) is 0 Å². The maximum Gasteiger partial charge on any atom is 0.417 e. The van der Waals surface area contributed by atoms with Gasteiger partial charge >= 0.3 is 6.18 Å². The number of hydrogen-bond acceptors (Lipinski definition) is 3. The lowest BCUT2D eigenvalue weighted by molar-refractivity contribution is -0.137. The van der Waals surface area contributed by atoms with Crippen LogP contribution in [0.15, 0.2) is 36.5 Å². The van der Waals surface area contributed by atoms with Gasteiger partial charge in [-0.05, 0) is 42.7 Å². The molecule has 0 aliphatic heterocycles. The van der Waals surface area contributed by atoms with Gasteiger partial charge in [0.15, 0.2) is 5.65 Å². The Hall–Kier alpha value is -2.74. The molecule has 9 heteroatoms. The van der Waals surface area contributed by atoms with Crippen molar-refractivity contribution in [3.8, 4) is 5.75 Å². The zero-order valence-corrected chi connectivity index (χ0v) is 17.4. The minimum absolute atomic E-state index is 0.0145. The molecular weight excluding hydrogens is 419 g/mol. The molecule has 0 bridgehead atoms. The van der Waals surface area contributed by atoms with Crippen LogP contribution in [-0.2, 0) is 12.6 Å². The number of nitrogens with zero attached hydrogens (tertiary/aromatic N) is 2. The lowest BCUT2D eigenvalue weighted by Crippen LogP contribution is -2.17. The van der Waals surface area contributed by atoms with Crippen LogP contribution in [0.4, 0.5) is 18.9 Å². The third-order valence-electron chi connectivity index (χ3n) is 4.32. The zero-order valence-electron chi connectivity index (χ0n) is 16.7. The molecule has 3 aromatic rings. The van der Waals surface area contributed by atoms with Crippen LogP contribution >= 0.6 is 11.6 Å². The summed E-state index contributed by atoms with van der Waals surface area (Å²) < 4.78 is 46.3. The van der Waals surface area contributed by atoms with Crippen molar-refractivity contribution in [1.82, 2.24) is 9.38 Å². The van der Waals surface area contributed by atoms with Crippen molar-refractivity contribution in [2.24, 2.45) is 5.92 Å². The van der Waals surface area contributed by atoms with Crippen molar-refractivity contribution in [2.45, 2.75) is 33.4 Å². The number of fused-ring (bicyclic) bond motifs is 1. The Morgan fingerprint density at radius 2 is 1.93 bits per heavy atom. The van der Waals surface area contributed by atoms with E-state index in [2.05, 4.69) is 10.3 Å². The summed E-state index contributed by atoms with van der Waals surface area (Å²) in [5.74, 6) is 0.457. The van der Waals surface area contributed by atoms with Crippen LogP contribution in [-0.4, -0.2) is 21.9 Å². The van der Waals surface area contributed by atoms with Gasteiger partial charge < -0.3 is 10.1 Å². The summed E-state index contributed by atoms with van der Waals surface area (Å²) >= 11 is 6.02. The van der Waals surface area contributed by atoms with Crippen LogP contribution < -0.4 is 10.1 Å². The quantitative estimate of drug-likeness (QED) is 0.523. The Bertz CT molecular complexity index is 1060. The highest BCUT2D eigenvalue weighted by atomic mass is 35.5. The number of alkyl halides is 3. The van der Waals surface area contributed by atoms with Gasteiger partial charge in [0.1, 0.15) is 11.4 Å². The van der Waals surface area contributed by atoms with Gasteiger partial charge in [0.25, 0.3) is 5.91 Å². The second-order valence-electron chi connectivity index (χ2n) is 7.21. The molecule has 0 atom stereocenters. The van der Waals surface area contributed by atoms with E-state index in [1.807, 2.05) is 13.8 Å². The molecule has 0 aliphatic rings. The molecule has 3 rings (SSSR count). The van der Waals surface area contributed by atoms with Crippen molar-refractivity contribution in [3.63, 3.8) is 0 Å². The van der Waals surface area contributed by atoms with Crippen LogP contribution in [0.5, 0.6) is 5.75 Å². The molecule has 1 aromatic carbocycles. The largest absolute Gasteiger partial charge is 0.493 e. The number of imidazole rings is 1. The number of ether oxygens (including phenoxy) is 1. The van der Waals surface area contributed by atoms with E-state index in [1.165, 1.54) is 0 Å². The molecule has 0 saturated heterocycles. The summed E-state index contributed by atoms with van der Waals surface area (Å²) in [6.45, 7) is 6.39. The van der Waals surface area contributed by atoms with Crippen molar-refractivity contribution < 1.29 is 22.7 Å². The zero-order chi connectivity index (χ0) is 22.1. The predicted octanol–water partition coefficient (Wildman–Crippen LogP) is 5.86. The lowest BCUT2D eigenvalue weighted by atomic mass is 10.2.